The van der Waals surface area contributed by atoms with Gasteiger partial charge >= 0.3 is 5.97 Å². The Morgan fingerprint density at radius 2 is 2.11 bits per heavy atom. The van der Waals surface area contributed by atoms with Crippen LogP contribution in [0.3, 0.4) is 0 Å². The largest absolute Gasteiger partial charge is 0.458 e. The molecule has 0 N–H and O–H groups in total. The van der Waals surface area contributed by atoms with Crippen LogP contribution in [0.4, 0.5) is 0 Å². The van der Waals surface area contributed by atoms with Crippen molar-refractivity contribution in [3.8, 4) is 0 Å². The number of carbonyl (C=O) groups is 1. The fraction of sp³-hybridized carbons (Fsp3) is 0.562. The van der Waals surface area contributed by atoms with Gasteiger partial charge in [-0.3, -0.25) is 0 Å². The molecule has 2 heteroatoms. The van der Waals surface area contributed by atoms with E-state index >= 15 is 0 Å². The first kappa shape index (κ1) is 14.7. The third kappa shape index (κ3) is 3.12. The van der Waals surface area contributed by atoms with Crippen LogP contribution in [0.15, 0.2) is 37.0 Å². The average Bonchev–Trinajstić information content (AvgIpc) is 2.61. The van der Waals surface area contributed by atoms with Gasteiger partial charge in [0, 0.05) is 17.4 Å². The second-order valence-corrected chi connectivity index (χ2v) is 5.43. The zero-order chi connectivity index (χ0) is 13.9. The Balaban J connectivity index is 2.76. The van der Waals surface area contributed by atoms with Crippen LogP contribution < -0.4 is 0 Å². The molecule has 0 saturated carbocycles. The van der Waals surface area contributed by atoms with Crippen molar-refractivity contribution in [3.05, 3.63) is 37.0 Å². The molecular weight excluding hydrogens is 224 g/mol. The number of allylic oxidation sites excluding steroid dienone is 1. The number of ether oxygens (including phenoxy) is 1. The molecule has 1 fully saturated rings. The van der Waals surface area contributed by atoms with Crippen LogP contribution >= 0.6 is 0 Å². The molecule has 0 radical (unpaired) electrons. The third-order valence-corrected chi connectivity index (χ3v) is 3.95. The summed E-state index contributed by atoms with van der Waals surface area (Å²) in [6, 6.07) is 0. The summed E-state index contributed by atoms with van der Waals surface area (Å²) < 4.78 is 5.45. The molecule has 2 nitrogen and oxygen atoms in total. The lowest BCUT2D eigenvalue weighted by atomic mass is 9.82. The molecule has 0 aromatic rings. The van der Waals surface area contributed by atoms with Crippen molar-refractivity contribution >= 4 is 5.97 Å². The van der Waals surface area contributed by atoms with Crippen LogP contribution in [-0.2, 0) is 9.53 Å². The summed E-state index contributed by atoms with van der Waals surface area (Å²) in [4.78, 5) is 11.7. The lowest BCUT2D eigenvalue weighted by Crippen LogP contribution is -2.26. The Hall–Kier alpha value is -1.31. The zero-order valence-corrected chi connectivity index (χ0v) is 11.7. The van der Waals surface area contributed by atoms with Gasteiger partial charge in [-0.05, 0) is 25.7 Å². The van der Waals surface area contributed by atoms with Crippen LogP contribution in [0.2, 0.25) is 0 Å². The highest BCUT2D eigenvalue weighted by atomic mass is 16.6. The van der Waals surface area contributed by atoms with Crippen molar-refractivity contribution in [3.63, 3.8) is 0 Å². The Labute approximate surface area is 110 Å². The Bertz CT molecular complexity index is 367. The molecule has 1 aliphatic rings. The number of hydrogen-bond donors (Lipinski definition) is 0. The van der Waals surface area contributed by atoms with E-state index in [2.05, 4.69) is 33.6 Å². The molecule has 0 unspecified atom stereocenters. The van der Waals surface area contributed by atoms with Crippen molar-refractivity contribution in [2.75, 3.05) is 0 Å². The van der Waals surface area contributed by atoms with E-state index < -0.39 is 0 Å². The highest BCUT2D eigenvalue weighted by molar-refractivity contribution is 5.90. The summed E-state index contributed by atoms with van der Waals surface area (Å²) in [5.74, 6) is 0.502. The van der Waals surface area contributed by atoms with Gasteiger partial charge in [0.25, 0.3) is 0 Å². The highest BCUT2D eigenvalue weighted by Crippen LogP contribution is 2.37. The van der Waals surface area contributed by atoms with Gasteiger partial charge in [0.15, 0.2) is 0 Å². The maximum atomic E-state index is 11.7. The first-order valence-electron chi connectivity index (χ1n) is 6.56. The minimum absolute atomic E-state index is 0.0977. The Morgan fingerprint density at radius 1 is 1.50 bits per heavy atom. The van der Waals surface area contributed by atoms with Crippen molar-refractivity contribution in [2.24, 2.45) is 17.8 Å². The molecule has 18 heavy (non-hydrogen) atoms. The van der Waals surface area contributed by atoms with Crippen molar-refractivity contribution < 1.29 is 9.53 Å². The first-order valence-corrected chi connectivity index (χ1v) is 6.56. The number of esters is 1. The maximum Gasteiger partial charge on any atom is 0.334 e. The Kier molecular flexibility index (Phi) is 4.94. The fourth-order valence-corrected chi connectivity index (χ4v) is 2.26. The second-order valence-electron chi connectivity index (χ2n) is 5.43. The van der Waals surface area contributed by atoms with E-state index in [4.69, 9.17) is 4.74 Å². The summed E-state index contributed by atoms with van der Waals surface area (Å²) >= 11 is 0. The molecule has 100 valence electrons. The summed E-state index contributed by atoms with van der Waals surface area (Å²) in [6.45, 7) is 17.8. The van der Waals surface area contributed by atoms with E-state index in [1.54, 1.807) is 0 Å². The van der Waals surface area contributed by atoms with Crippen LogP contribution in [0.25, 0.3) is 0 Å². The lowest BCUT2D eigenvalue weighted by molar-refractivity contribution is -0.140. The normalized spacial score (nSPS) is 26.6. The molecule has 0 aromatic heterocycles. The quantitative estimate of drug-likeness (QED) is 0.405. The molecule has 0 spiro atoms. The Morgan fingerprint density at radius 3 is 2.61 bits per heavy atom. The SMILES string of the molecule is C=C[C@H](C)CC[C@H]1C(=C)C(=O)O[C@@H]1[C@H](C)C(=C)C. The third-order valence-electron chi connectivity index (χ3n) is 3.95. The second kappa shape index (κ2) is 6.03. The molecule has 0 aliphatic carbocycles. The van der Waals surface area contributed by atoms with E-state index in [0.717, 1.165) is 18.4 Å². The minimum Gasteiger partial charge on any atom is -0.458 e. The predicted octanol–water partition coefficient (Wildman–Crippen LogP) is 3.90. The minimum atomic E-state index is -0.246. The summed E-state index contributed by atoms with van der Waals surface area (Å²) in [5, 5.41) is 0. The predicted molar refractivity (Wildman–Crippen MR) is 75.1 cm³/mol. The zero-order valence-electron chi connectivity index (χ0n) is 11.7. The fourth-order valence-electron chi connectivity index (χ4n) is 2.26. The summed E-state index contributed by atoms with van der Waals surface area (Å²) in [6.07, 6.45) is 3.76. The lowest BCUT2D eigenvalue weighted by Gasteiger charge is -2.24. The molecule has 1 heterocycles. The van der Waals surface area contributed by atoms with Crippen molar-refractivity contribution in [1.82, 2.24) is 0 Å². The van der Waals surface area contributed by atoms with Crippen LogP contribution in [0.5, 0.6) is 0 Å². The van der Waals surface area contributed by atoms with E-state index in [0.29, 0.717) is 11.5 Å². The van der Waals surface area contributed by atoms with Gasteiger partial charge in [-0.2, -0.15) is 0 Å². The van der Waals surface area contributed by atoms with Gasteiger partial charge in [0.1, 0.15) is 6.10 Å². The number of hydrogen-bond acceptors (Lipinski definition) is 2. The van der Waals surface area contributed by atoms with Gasteiger partial charge in [0.05, 0.1) is 0 Å². The average molecular weight is 248 g/mol. The standard InChI is InChI=1S/C16H24O2/c1-7-11(4)8-9-14-13(6)16(17)18-15(14)12(5)10(2)3/h7,11-12,14-15H,1-2,6,8-9H2,3-5H3/t11-,12+,14-,15+/m0/s1. The van der Waals surface area contributed by atoms with Gasteiger partial charge in [-0.15, -0.1) is 6.58 Å². The maximum absolute atomic E-state index is 11.7. The highest BCUT2D eigenvalue weighted by Gasteiger charge is 2.41. The van der Waals surface area contributed by atoms with E-state index in [1.807, 2.05) is 13.0 Å². The smallest absolute Gasteiger partial charge is 0.334 e. The molecule has 0 aromatic carbocycles. The van der Waals surface area contributed by atoms with E-state index in [9.17, 15) is 4.79 Å². The molecule has 0 amide bonds. The van der Waals surface area contributed by atoms with Gasteiger partial charge in [0.2, 0.25) is 0 Å². The van der Waals surface area contributed by atoms with Crippen molar-refractivity contribution in [1.29, 1.82) is 0 Å². The number of carbonyl (C=O) groups excluding carboxylic acids is 1. The van der Waals surface area contributed by atoms with Crippen LogP contribution in [0, 0.1) is 17.8 Å². The van der Waals surface area contributed by atoms with Gasteiger partial charge in [-0.1, -0.05) is 38.7 Å². The summed E-state index contributed by atoms with van der Waals surface area (Å²) in [5.41, 5.74) is 1.66. The van der Waals surface area contributed by atoms with E-state index in [1.165, 1.54) is 0 Å². The molecule has 1 aliphatic heterocycles. The molecule has 1 saturated heterocycles. The molecule has 4 atom stereocenters. The van der Waals surface area contributed by atoms with Gasteiger partial charge < -0.3 is 4.74 Å². The molecule has 1 rings (SSSR count). The van der Waals surface area contributed by atoms with Crippen molar-refractivity contribution in [2.45, 2.75) is 39.7 Å². The topological polar surface area (TPSA) is 26.3 Å². The van der Waals surface area contributed by atoms with E-state index in [-0.39, 0.29) is 23.9 Å². The van der Waals surface area contributed by atoms with Crippen LogP contribution in [0.1, 0.15) is 33.6 Å². The summed E-state index contributed by atoms with van der Waals surface area (Å²) in [7, 11) is 0. The first-order chi connectivity index (χ1) is 8.38. The number of rotatable bonds is 6. The molecular formula is C16H24O2. The van der Waals surface area contributed by atoms with Gasteiger partial charge in [-0.25, -0.2) is 4.79 Å². The van der Waals surface area contributed by atoms with Crippen LogP contribution in [-0.4, -0.2) is 12.1 Å². The molecule has 0 bridgehead atoms. The number of cyclic esters (lactones) is 1. The monoisotopic (exact) mass is 248 g/mol.